The van der Waals surface area contributed by atoms with E-state index in [4.69, 9.17) is 10.7 Å². The van der Waals surface area contributed by atoms with Gasteiger partial charge in [-0.3, -0.25) is 0 Å². The lowest BCUT2D eigenvalue weighted by Crippen LogP contribution is -2.19. The van der Waals surface area contributed by atoms with Crippen LogP contribution in [0.1, 0.15) is 63.0 Å². The van der Waals surface area contributed by atoms with Gasteiger partial charge in [0.05, 0.1) is 17.1 Å². The molecule has 2 N–H and O–H groups in total. The molecule has 2 aromatic carbocycles. The summed E-state index contributed by atoms with van der Waals surface area (Å²) in [6.07, 6.45) is 0.940. The molecule has 3 nitrogen and oxygen atoms in total. The van der Waals surface area contributed by atoms with E-state index in [-0.39, 0.29) is 6.04 Å². The SMILES string of the molecule is CC(C)CC(N)c1nc2ccccc2n1Cc1ccc(C(C)C)cc1. The number of nitrogens with zero attached hydrogens (tertiary/aromatic N) is 2. The maximum absolute atomic E-state index is 6.49. The second-order valence-electron chi connectivity index (χ2n) is 7.68. The van der Waals surface area contributed by atoms with Gasteiger partial charge >= 0.3 is 0 Å². The van der Waals surface area contributed by atoms with Crippen LogP contribution in [0.2, 0.25) is 0 Å². The van der Waals surface area contributed by atoms with Gasteiger partial charge in [0.1, 0.15) is 5.82 Å². The summed E-state index contributed by atoms with van der Waals surface area (Å²) in [6.45, 7) is 9.66. The molecule has 3 rings (SSSR count). The molecular weight excluding hydrogens is 306 g/mol. The molecule has 0 amide bonds. The lowest BCUT2D eigenvalue weighted by Gasteiger charge is -2.17. The second-order valence-corrected chi connectivity index (χ2v) is 7.68. The summed E-state index contributed by atoms with van der Waals surface area (Å²) in [5, 5.41) is 0. The first kappa shape index (κ1) is 17.7. The van der Waals surface area contributed by atoms with Crippen LogP contribution in [-0.4, -0.2) is 9.55 Å². The van der Waals surface area contributed by atoms with Crippen molar-refractivity contribution in [2.75, 3.05) is 0 Å². The highest BCUT2D eigenvalue weighted by atomic mass is 15.1. The highest BCUT2D eigenvalue weighted by Crippen LogP contribution is 2.25. The maximum Gasteiger partial charge on any atom is 0.127 e. The van der Waals surface area contributed by atoms with Crippen LogP contribution in [-0.2, 0) is 6.54 Å². The number of aromatic nitrogens is 2. The van der Waals surface area contributed by atoms with Gasteiger partial charge in [0.15, 0.2) is 0 Å². The Labute approximate surface area is 150 Å². The van der Waals surface area contributed by atoms with E-state index < -0.39 is 0 Å². The van der Waals surface area contributed by atoms with E-state index in [1.165, 1.54) is 11.1 Å². The van der Waals surface area contributed by atoms with Crippen molar-refractivity contribution in [3.05, 3.63) is 65.5 Å². The van der Waals surface area contributed by atoms with Crippen LogP contribution in [0.3, 0.4) is 0 Å². The monoisotopic (exact) mass is 335 g/mol. The molecule has 25 heavy (non-hydrogen) atoms. The Morgan fingerprint density at radius 2 is 1.64 bits per heavy atom. The molecule has 3 aromatic rings. The predicted octanol–water partition coefficient (Wildman–Crippen LogP) is 5.25. The zero-order valence-corrected chi connectivity index (χ0v) is 15.7. The smallest absolute Gasteiger partial charge is 0.127 e. The number of para-hydroxylation sites is 2. The minimum atomic E-state index is -0.0395. The second kappa shape index (κ2) is 7.40. The summed E-state index contributed by atoms with van der Waals surface area (Å²) in [4.78, 5) is 4.85. The minimum absolute atomic E-state index is 0.0395. The fourth-order valence-electron chi connectivity index (χ4n) is 3.35. The van der Waals surface area contributed by atoms with E-state index in [0.29, 0.717) is 11.8 Å². The average Bonchev–Trinajstić information content (AvgIpc) is 2.94. The zero-order chi connectivity index (χ0) is 18.0. The van der Waals surface area contributed by atoms with Crippen molar-refractivity contribution in [2.24, 2.45) is 11.7 Å². The molecule has 1 atom stereocenters. The third-order valence-corrected chi connectivity index (χ3v) is 4.73. The molecular formula is C22H29N3. The van der Waals surface area contributed by atoms with Crippen molar-refractivity contribution in [1.29, 1.82) is 0 Å². The Balaban J connectivity index is 1.98. The highest BCUT2D eigenvalue weighted by molar-refractivity contribution is 5.76. The molecule has 1 heterocycles. The quantitative estimate of drug-likeness (QED) is 0.668. The van der Waals surface area contributed by atoms with Crippen LogP contribution in [0.5, 0.6) is 0 Å². The standard InChI is InChI=1S/C22H29N3/c1-15(2)13-19(23)22-24-20-7-5-6-8-21(20)25(22)14-17-9-11-18(12-10-17)16(3)4/h5-12,15-16,19H,13-14,23H2,1-4H3. The van der Waals surface area contributed by atoms with Crippen LogP contribution >= 0.6 is 0 Å². The van der Waals surface area contributed by atoms with E-state index >= 15 is 0 Å². The summed E-state index contributed by atoms with van der Waals surface area (Å²) in [5.41, 5.74) is 11.3. The van der Waals surface area contributed by atoms with Crippen LogP contribution in [0.4, 0.5) is 0 Å². The maximum atomic E-state index is 6.49. The molecule has 1 unspecified atom stereocenters. The van der Waals surface area contributed by atoms with Gasteiger partial charge in [0.25, 0.3) is 0 Å². The van der Waals surface area contributed by atoms with Crippen LogP contribution in [0.25, 0.3) is 11.0 Å². The molecule has 0 saturated heterocycles. The fourth-order valence-corrected chi connectivity index (χ4v) is 3.35. The number of rotatable bonds is 6. The Kier molecular flexibility index (Phi) is 5.24. The molecule has 132 valence electrons. The largest absolute Gasteiger partial charge is 0.322 e. The molecule has 1 aromatic heterocycles. The van der Waals surface area contributed by atoms with Gasteiger partial charge in [0.2, 0.25) is 0 Å². The Morgan fingerprint density at radius 1 is 0.960 bits per heavy atom. The van der Waals surface area contributed by atoms with Crippen LogP contribution in [0, 0.1) is 5.92 Å². The van der Waals surface area contributed by atoms with Crippen LogP contribution < -0.4 is 5.73 Å². The van der Waals surface area contributed by atoms with E-state index in [2.05, 4.69) is 74.7 Å². The first-order chi connectivity index (χ1) is 12.0. The van der Waals surface area contributed by atoms with Gasteiger partial charge in [-0.05, 0) is 41.5 Å². The zero-order valence-electron chi connectivity index (χ0n) is 15.7. The van der Waals surface area contributed by atoms with Gasteiger partial charge in [-0.1, -0.05) is 64.1 Å². The molecule has 0 bridgehead atoms. The van der Waals surface area contributed by atoms with Gasteiger partial charge in [-0.25, -0.2) is 4.98 Å². The van der Waals surface area contributed by atoms with E-state index in [9.17, 15) is 0 Å². The summed E-state index contributed by atoms with van der Waals surface area (Å²) in [6, 6.07) is 17.2. The minimum Gasteiger partial charge on any atom is -0.322 e. The first-order valence-electron chi connectivity index (χ1n) is 9.25. The molecule has 0 aliphatic carbocycles. The van der Waals surface area contributed by atoms with Crippen molar-refractivity contribution in [3.63, 3.8) is 0 Å². The molecule has 0 fully saturated rings. The number of hydrogen-bond acceptors (Lipinski definition) is 2. The molecule has 0 saturated carbocycles. The summed E-state index contributed by atoms with van der Waals surface area (Å²) >= 11 is 0. The summed E-state index contributed by atoms with van der Waals surface area (Å²) < 4.78 is 2.28. The van der Waals surface area contributed by atoms with Gasteiger partial charge in [-0.15, -0.1) is 0 Å². The van der Waals surface area contributed by atoms with Crippen molar-refractivity contribution in [2.45, 2.75) is 52.6 Å². The number of imidazole rings is 1. The van der Waals surface area contributed by atoms with Crippen LogP contribution in [0.15, 0.2) is 48.5 Å². The summed E-state index contributed by atoms with van der Waals surface area (Å²) in [5.74, 6) is 2.09. The number of nitrogens with two attached hydrogens (primary N) is 1. The third kappa shape index (κ3) is 3.93. The van der Waals surface area contributed by atoms with Gasteiger partial charge < -0.3 is 10.3 Å². The van der Waals surface area contributed by atoms with E-state index in [1.807, 2.05) is 6.07 Å². The van der Waals surface area contributed by atoms with Crippen molar-refractivity contribution >= 4 is 11.0 Å². The fraction of sp³-hybridized carbons (Fsp3) is 0.409. The van der Waals surface area contributed by atoms with Crippen molar-refractivity contribution in [1.82, 2.24) is 9.55 Å². The topological polar surface area (TPSA) is 43.8 Å². The lowest BCUT2D eigenvalue weighted by molar-refractivity contribution is 0.481. The summed E-state index contributed by atoms with van der Waals surface area (Å²) in [7, 11) is 0. The molecule has 0 aliphatic rings. The normalized spacial score (nSPS) is 13.1. The van der Waals surface area contributed by atoms with E-state index in [1.54, 1.807) is 0 Å². The number of hydrogen-bond donors (Lipinski definition) is 1. The Bertz CT molecular complexity index is 828. The Morgan fingerprint density at radius 3 is 2.28 bits per heavy atom. The third-order valence-electron chi connectivity index (χ3n) is 4.73. The molecule has 3 heteroatoms. The Hall–Kier alpha value is -2.13. The van der Waals surface area contributed by atoms with Crippen molar-refractivity contribution < 1.29 is 0 Å². The molecule has 0 radical (unpaired) electrons. The lowest BCUT2D eigenvalue weighted by atomic mass is 10.0. The first-order valence-corrected chi connectivity index (χ1v) is 9.25. The van der Waals surface area contributed by atoms with E-state index in [0.717, 1.165) is 29.8 Å². The average molecular weight is 335 g/mol. The highest BCUT2D eigenvalue weighted by Gasteiger charge is 2.18. The van der Waals surface area contributed by atoms with Gasteiger partial charge in [-0.2, -0.15) is 0 Å². The predicted molar refractivity (Wildman–Crippen MR) is 106 cm³/mol. The number of benzene rings is 2. The molecule has 0 aliphatic heterocycles. The molecule has 0 spiro atoms. The van der Waals surface area contributed by atoms with Gasteiger partial charge in [0, 0.05) is 6.54 Å². The van der Waals surface area contributed by atoms with Crippen molar-refractivity contribution in [3.8, 4) is 0 Å². The number of fused-ring (bicyclic) bond motifs is 1.